The molecule has 0 aliphatic heterocycles. The fourth-order valence-corrected chi connectivity index (χ4v) is 5.06. The van der Waals surface area contributed by atoms with E-state index < -0.39 is 16.9 Å². The Balaban J connectivity index is 2.33. The maximum Gasteiger partial charge on any atom is 0.252 e. The van der Waals surface area contributed by atoms with Gasteiger partial charge in [-0.1, -0.05) is 26.3 Å². The number of rotatable bonds is 3. The van der Waals surface area contributed by atoms with E-state index in [9.17, 15) is 19.8 Å². The van der Waals surface area contributed by atoms with Crippen molar-refractivity contribution in [2.75, 3.05) is 0 Å². The molecule has 1 saturated carbocycles. The summed E-state index contributed by atoms with van der Waals surface area (Å²) in [4.78, 5) is 24.0. The van der Waals surface area contributed by atoms with Crippen molar-refractivity contribution in [3.05, 3.63) is 28.8 Å². The zero-order chi connectivity index (χ0) is 17.7. The summed E-state index contributed by atoms with van der Waals surface area (Å²) in [5, 5.41) is 22.4. The summed E-state index contributed by atoms with van der Waals surface area (Å²) < 4.78 is 0. The zero-order valence-corrected chi connectivity index (χ0v) is 14.3. The van der Waals surface area contributed by atoms with Crippen molar-refractivity contribution < 1.29 is 19.8 Å². The number of carbonyl (C=O) groups is 2. The summed E-state index contributed by atoms with van der Waals surface area (Å²) in [5.74, 6) is -0.791. The number of fused-ring (bicyclic) bond motifs is 3. The van der Waals surface area contributed by atoms with Crippen LogP contribution in [0.4, 0.5) is 0 Å². The molecular formula is C19H25NO4. The molecule has 0 spiro atoms. The molecule has 3 rings (SSSR count). The van der Waals surface area contributed by atoms with Gasteiger partial charge in [-0.3, -0.25) is 9.59 Å². The van der Waals surface area contributed by atoms with Crippen molar-refractivity contribution in [2.45, 2.75) is 63.4 Å². The first-order chi connectivity index (χ1) is 11.3. The van der Waals surface area contributed by atoms with E-state index in [4.69, 9.17) is 5.73 Å². The molecule has 5 heteroatoms. The quantitative estimate of drug-likeness (QED) is 0.790. The molecule has 130 valence electrons. The highest BCUT2D eigenvalue weighted by atomic mass is 16.3. The molecule has 1 aromatic rings. The van der Waals surface area contributed by atoms with Crippen LogP contribution in [0, 0.1) is 5.92 Å². The normalized spacial score (nSPS) is 32.1. The number of aliphatic hydroxyl groups is 1. The van der Waals surface area contributed by atoms with Crippen molar-refractivity contribution in [1.82, 2.24) is 0 Å². The summed E-state index contributed by atoms with van der Waals surface area (Å²) in [7, 11) is 0. The summed E-state index contributed by atoms with van der Waals surface area (Å²) in [6.45, 7) is 4.00. The highest BCUT2D eigenvalue weighted by Gasteiger charge is 2.60. The number of benzene rings is 1. The molecular weight excluding hydrogens is 306 g/mol. The molecule has 3 atom stereocenters. The summed E-state index contributed by atoms with van der Waals surface area (Å²) in [6, 6.07) is 3.35. The smallest absolute Gasteiger partial charge is 0.252 e. The molecule has 24 heavy (non-hydrogen) atoms. The Morgan fingerprint density at radius 3 is 2.75 bits per heavy atom. The number of hydrogen-bond acceptors (Lipinski definition) is 4. The average Bonchev–Trinajstić information content (AvgIpc) is 2.50. The maximum absolute atomic E-state index is 12.3. The second-order valence-electron chi connectivity index (χ2n) is 7.44. The van der Waals surface area contributed by atoms with Crippen LogP contribution < -0.4 is 5.73 Å². The monoisotopic (exact) mass is 331 g/mol. The van der Waals surface area contributed by atoms with E-state index in [1.807, 2.05) is 19.9 Å². The summed E-state index contributed by atoms with van der Waals surface area (Å²) >= 11 is 0. The van der Waals surface area contributed by atoms with Crippen LogP contribution >= 0.6 is 0 Å². The third-order valence-electron chi connectivity index (χ3n) is 6.14. The Morgan fingerprint density at radius 2 is 2.12 bits per heavy atom. The van der Waals surface area contributed by atoms with E-state index in [-0.39, 0.29) is 29.4 Å². The Kier molecular flexibility index (Phi) is 3.95. The van der Waals surface area contributed by atoms with Crippen LogP contribution in [0.5, 0.6) is 5.75 Å². The fourth-order valence-electron chi connectivity index (χ4n) is 5.06. The van der Waals surface area contributed by atoms with Gasteiger partial charge in [0.15, 0.2) is 0 Å². The van der Waals surface area contributed by atoms with Crippen molar-refractivity contribution in [3.8, 4) is 5.75 Å². The predicted octanol–water partition coefficient (Wildman–Crippen LogP) is 2.21. The van der Waals surface area contributed by atoms with Crippen molar-refractivity contribution in [2.24, 2.45) is 11.7 Å². The van der Waals surface area contributed by atoms with Gasteiger partial charge in [0.2, 0.25) is 0 Å². The Morgan fingerprint density at radius 1 is 1.42 bits per heavy atom. The van der Waals surface area contributed by atoms with Crippen LogP contribution in [0.1, 0.15) is 67.4 Å². The summed E-state index contributed by atoms with van der Waals surface area (Å²) in [6.07, 6.45) is 2.91. The minimum Gasteiger partial charge on any atom is -0.507 e. The van der Waals surface area contributed by atoms with Gasteiger partial charge in [-0.15, -0.1) is 0 Å². The van der Waals surface area contributed by atoms with Crippen LogP contribution in [-0.2, 0) is 16.6 Å². The molecule has 2 aliphatic rings. The Labute approximate surface area is 141 Å². The number of amides is 1. The van der Waals surface area contributed by atoms with E-state index in [0.29, 0.717) is 31.2 Å². The predicted molar refractivity (Wildman–Crippen MR) is 89.9 cm³/mol. The lowest BCUT2D eigenvalue weighted by Gasteiger charge is -2.57. The second-order valence-corrected chi connectivity index (χ2v) is 7.44. The number of Topliss-reactive ketones (excluding diaryl/α,β-unsaturated/α-hetero) is 1. The van der Waals surface area contributed by atoms with E-state index >= 15 is 0 Å². The van der Waals surface area contributed by atoms with Crippen molar-refractivity contribution in [3.63, 3.8) is 0 Å². The first kappa shape index (κ1) is 17.0. The van der Waals surface area contributed by atoms with Gasteiger partial charge in [-0.2, -0.15) is 0 Å². The van der Waals surface area contributed by atoms with Gasteiger partial charge in [0, 0.05) is 23.8 Å². The molecule has 3 unspecified atom stereocenters. The number of nitrogens with two attached hydrogens (primary N) is 1. The number of hydrogen-bond donors (Lipinski definition) is 3. The molecule has 4 N–H and O–H groups in total. The standard InChI is InChI=1S/C19H25NO4/c1-3-7-18-10-13(21)6-8-19(18,24)11(2)9-12-4-5-14(17(20)23)16(22)15(12)18/h4-5,11,22,24H,3,6-10H2,1-2H3,(H2,20,23). The lowest BCUT2D eigenvalue weighted by Crippen LogP contribution is -2.62. The van der Waals surface area contributed by atoms with Crippen LogP contribution in [0.3, 0.4) is 0 Å². The number of phenols is 1. The molecule has 5 nitrogen and oxygen atoms in total. The average molecular weight is 331 g/mol. The van der Waals surface area contributed by atoms with Crippen LogP contribution in [-0.4, -0.2) is 27.5 Å². The number of aromatic hydroxyl groups is 1. The molecule has 0 saturated heterocycles. The molecule has 0 bridgehead atoms. The molecule has 2 aliphatic carbocycles. The van der Waals surface area contributed by atoms with Gasteiger partial charge in [0.1, 0.15) is 11.5 Å². The van der Waals surface area contributed by atoms with Gasteiger partial charge in [-0.05, 0) is 36.8 Å². The van der Waals surface area contributed by atoms with E-state index in [2.05, 4.69) is 0 Å². The highest BCUT2D eigenvalue weighted by molar-refractivity contribution is 5.96. The van der Waals surface area contributed by atoms with E-state index in [1.165, 1.54) is 6.07 Å². The molecule has 1 aromatic carbocycles. The number of carbonyl (C=O) groups excluding carboxylic acids is 2. The SMILES string of the molecule is CCCC12CC(=O)CCC1(O)C(C)Cc1ccc(C(N)=O)c(O)c12. The molecule has 1 fully saturated rings. The van der Waals surface area contributed by atoms with E-state index in [1.54, 1.807) is 0 Å². The van der Waals surface area contributed by atoms with E-state index in [0.717, 1.165) is 12.0 Å². The minimum absolute atomic E-state index is 0.0246. The molecule has 1 amide bonds. The number of ketones is 1. The first-order valence-corrected chi connectivity index (χ1v) is 8.66. The van der Waals surface area contributed by atoms with Gasteiger partial charge in [-0.25, -0.2) is 0 Å². The Bertz CT molecular complexity index is 714. The Hall–Kier alpha value is -1.88. The van der Waals surface area contributed by atoms with Gasteiger partial charge in [0.25, 0.3) is 5.91 Å². The van der Waals surface area contributed by atoms with Crippen LogP contribution in [0.15, 0.2) is 12.1 Å². The maximum atomic E-state index is 12.3. The lowest BCUT2D eigenvalue weighted by molar-refractivity contribution is -0.148. The topological polar surface area (TPSA) is 101 Å². The van der Waals surface area contributed by atoms with Gasteiger partial charge < -0.3 is 15.9 Å². The van der Waals surface area contributed by atoms with Crippen molar-refractivity contribution >= 4 is 11.7 Å². The lowest BCUT2D eigenvalue weighted by atomic mass is 9.49. The highest BCUT2D eigenvalue weighted by Crippen LogP contribution is 2.58. The van der Waals surface area contributed by atoms with Crippen molar-refractivity contribution in [1.29, 1.82) is 0 Å². The number of primary amides is 1. The third kappa shape index (κ3) is 2.10. The van der Waals surface area contributed by atoms with Crippen LogP contribution in [0.25, 0.3) is 0 Å². The first-order valence-electron chi connectivity index (χ1n) is 8.66. The third-order valence-corrected chi connectivity index (χ3v) is 6.14. The molecule has 0 heterocycles. The van der Waals surface area contributed by atoms with Gasteiger partial charge in [0.05, 0.1) is 11.2 Å². The van der Waals surface area contributed by atoms with Crippen LogP contribution in [0.2, 0.25) is 0 Å². The zero-order valence-electron chi connectivity index (χ0n) is 14.3. The van der Waals surface area contributed by atoms with Gasteiger partial charge >= 0.3 is 0 Å². The molecule has 0 aromatic heterocycles. The second kappa shape index (κ2) is 5.59. The minimum atomic E-state index is -1.06. The molecule has 0 radical (unpaired) electrons. The fraction of sp³-hybridized carbons (Fsp3) is 0.579. The largest absolute Gasteiger partial charge is 0.507 e. The summed E-state index contributed by atoms with van der Waals surface area (Å²) in [5.41, 5.74) is 5.01.